The molecule has 0 aliphatic heterocycles. The highest BCUT2D eigenvalue weighted by Gasteiger charge is 2.22. The average Bonchev–Trinajstić information content (AvgIpc) is 3.66. The number of hydrogen-bond donors (Lipinski definition) is 0. The van der Waals surface area contributed by atoms with E-state index in [1.54, 1.807) is 0 Å². The summed E-state index contributed by atoms with van der Waals surface area (Å²) in [5.74, 6) is 0.643. The molecule has 0 N–H and O–H groups in total. The lowest BCUT2D eigenvalue weighted by Crippen LogP contribution is -2.03. The van der Waals surface area contributed by atoms with E-state index in [0.29, 0.717) is 11.5 Å². The molecule has 0 unspecified atom stereocenters. The van der Waals surface area contributed by atoms with Gasteiger partial charge in [0, 0.05) is 37.2 Å². The van der Waals surface area contributed by atoms with Crippen LogP contribution in [0.25, 0.3) is 81.3 Å². The van der Waals surface area contributed by atoms with Crippen LogP contribution in [0.1, 0.15) is 0 Å². The summed E-state index contributed by atoms with van der Waals surface area (Å²) in [4.78, 5) is 10.4. The molecule has 0 aliphatic rings. The van der Waals surface area contributed by atoms with Crippen molar-refractivity contribution in [2.24, 2.45) is 0 Å². The van der Waals surface area contributed by atoms with Crippen molar-refractivity contribution < 1.29 is 4.42 Å². The summed E-state index contributed by atoms with van der Waals surface area (Å²) in [7, 11) is 0. The fraction of sp³-hybridized carbons (Fsp3) is 0. The van der Waals surface area contributed by atoms with Crippen molar-refractivity contribution >= 4 is 75.4 Å². The molecule has 0 saturated carbocycles. The Kier molecular flexibility index (Phi) is 4.18. The molecule has 0 saturated heterocycles. The first kappa shape index (κ1) is 21.0. The van der Waals surface area contributed by atoms with Crippen molar-refractivity contribution in [3.8, 4) is 17.2 Å². The van der Waals surface area contributed by atoms with Crippen molar-refractivity contribution in [3.05, 3.63) is 115 Å². The first-order chi connectivity index (χ1) is 19.3. The fourth-order valence-corrected chi connectivity index (χ4v) is 7.15. The summed E-state index contributed by atoms with van der Waals surface area (Å²) in [5.41, 5.74) is 6.36. The molecule has 0 amide bonds. The van der Waals surface area contributed by atoms with E-state index >= 15 is 0 Å². The highest BCUT2D eigenvalue weighted by atomic mass is 32.1. The predicted molar refractivity (Wildman–Crippen MR) is 162 cm³/mol. The van der Waals surface area contributed by atoms with Gasteiger partial charge in [-0.3, -0.25) is 4.57 Å². The van der Waals surface area contributed by atoms with Gasteiger partial charge in [0.15, 0.2) is 5.58 Å². The Morgan fingerprint density at radius 1 is 0.590 bits per heavy atom. The van der Waals surface area contributed by atoms with Crippen LogP contribution in [-0.4, -0.2) is 14.5 Å². The van der Waals surface area contributed by atoms with Crippen molar-refractivity contribution in [2.75, 3.05) is 0 Å². The largest absolute Gasteiger partial charge is 0.452 e. The Morgan fingerprint density at radius 3 is 2.21 bits per heavy atom. The molecular formula is C34H19N3OS. The van der Waals surface area contributed by atoms with Gasteiger partial charge < -0.3 is 4.42 Å². The molecule has 4 heterocycles. The number of nitrogens with zero attached hydrogens (tertiary/aromatic N) is 3. The predicted octanol–water partition coefficient (Wildman–Crippen LogP) is 9.51. The van der Waals surface area contributed by atoms with Crippen LogP contribution in [0, 0.1) is 0 Å². The average molecular weight is 518 g/mol. The molecule has 4 nitrogen and oxygen atoms in total. The lowest BCUT2D eigenvalue weighted by Gasteiger charge is -2.09. The topological polar surface area (TPSA) is 43.9 Å². The van der Waals surface area contributed by atoms with Crippen molar-refractivity contribution in [2.45, 2.75) is 0 Å². The molecule has 0 spiro atoms. The number of hydrogen-bond acceptors (Lipinski definition) is 4. The van der Waals surface area contributed by atoms with Gasteiger partial charge in [-0.05, 0) is 24.3 Å². The van der Waals surface area contributed by atoms with Crippen molar-refractivity contribution in [1.29, 1.82) is 0 Å². The molecule has 0 radical (unpaired) electrons. The van der Waals surface area contributed by atoms with Gasteiger partial charge in [0.1, 0.15) is 16.8 Å². The number of rotatable bonds is 2. The second kappa shape index (κ2) is 7.76. The lowest BCUT2D eigenvalue weighted by atomic mass is 10.1. The van der Waals surface area contributed by atoms with Gasteiger partial charge in [-0.2, -0.15) is 0 Å². The normalized spacial score (nSPS) is 12.1. The molecular weight excluding hydrogens is 498 g/mol. The standard InChI is InChI=1S/C34H19N3OS/c1-2-10-20(11-3-1)29-32-30(25-14-5-8-16-27(25)38-32)36-34(35-29)37-26-15-7-4-12-21(26)23-18-19-24-22-13-6-9-17-28(22)39-33(24)31(23)37/h1-19H. The summed E-state index contributed by atoms with van der Waals surface area (Å²) in [6.07, 6.45) is 0. The minimum Gasteiger partial charge on any atom is -0.452 e. The third-order valence-electron chi connectivity index (χ3n) is 7.63. The van der Waals surface area contributed by atoms with Gasteiger partial charge in [0.2, 0.25) is 5.95 Å². The quantitative estimate of drug-likeness (QED) is 0.229. The number of aromatic nitrogens is 3. The number of thiophene rings is 1. The molecule has 0 fully saturated rings. The molecule has 0 aliphatic carbocycles. The molecule has 0 atom stereocenters. The van der Waals surface area contributed by atoms with Gasteiger partial charge in [-0.25, -0.2) is 9.97 Å². The van der Waals surface area contributed by atoms with Crippen LogP contribution in [-0.2, 0) is 0 Å². The Labute approximate surface area is 226 Å². The van der Waals surface area contributed by atoms with Crippen LogP contribution in [0.15, 0.2) is 120 Å². The number of benzene rings is 5. The molecule has 5 heteroatoms. The molecule has 39 heavy (non-hydrogen) atoms. The van der Waals surface area contributed by atoms with Crippen LogP contribution >= 0.6 is 11.3 Å². The maximum atomic E-state index is 6.36. The Bertz CT molecular complexity index is 2400. The summed E-state index contributed by atoms with van der Waals surface area (Å²) in [6, 6.07) is 40.0. The molecule has 5 aromatic carbocycles. The summed E-state index contributed by atoms with van der Waals surface area (Å²) in [6.45, 7) is 0. The molecule has 9 aromatic rings. The number of fused-ring (bicyclic) bond motifs is 10. The van der Waals surface area contributed by atoms with E-state index < -0.39 is 0 Å². The van der Waals surface area contributed by atoms with Crippen LogP contribution in [0.2, 0.25) is 0 Å². The van der Waals surface area contributed by atoms with Gasteiger partial charge in [-0.1, -0.05) is 91.0 Å². The van der Waals surface area contributed by atoms with Gasteiger partial charge in [-0.15, -0.1) is 11.3 Å². The number of furan rings is 1. The molecule has 0 bridgehead atoms. The van der Waals surface area contributed by atoms with Crippen molar-refractivity contribution in [3.63, 3.8) is 0 Å². The SMILES string of the molecule is c1ccc(-c2nc(-n3c4ccccc4c4ccc5c6ccccc6sc5c43)nc3c2oc2ccccc23)cc1. The molecule has 182 valence electrons. The van der Waals surface area contributed by atoms with Gasteiger partial charge >= 0.3 is 0 Å². The third-order valence-corrected chi connectivity index (χ3v) is 8.83. The van der Waals surface area contributed by atoms with Crippen molar-refractivity contribution in [1.82, 2.24) is 14.5 Å². The minimum atomic E-state index is 0.643. The van der Waals surface area contributed by atoms with E-state index in [4.69, 9.17) is 14.4 Å². The van der Waals surface area contributed by atoms with E-state index in [1.807, 2.05) is 47.7 Å². The van der Waals surface area contributed by atoms with Gasteiger partial charge in [0.25, 0.3) is 0 Å². The zero-order chi connectivity index (χ0) is 25.5. The Morgan fingerprint density at radius 2 is 1.31 bits per heavy atom. The highest BCUT2D eigenvalue weighted by Crippen LogP contribution is 2.43. The van der Waals surface area contributed by atoms with E-state index in [2.05, 4.69) is 83.4 Å². The minimum absolute atomic E-state index is 0.643. The second-order valence-electron chi connectivity index (χ2n) is 9.80. The zero-order valence-electron chi connectivity index (χ0n) is 20.6. The summed E-state index contributed by atoms with van der Waals surface area (Å²) < 4.78 is 11.1. The van der Waals surface area contributed by atoms with Crippen LogP contribution in [0.5, 0.6) is 0 Å². The summed E-state index contributed by atoms with van der Waals surface area (Å²) >= 11 is 1.83. The lowest BCUT2D eigenvalue weighted by molar-refractivity contribution is 0.666. The van der Waals surface area contributed by atoms with Gasteiger partial charge in [0.05, 0.1) is 15.7 Å². The maximum absolute atomic E-state index is 6.36. The fourth-order valence-electron chi connectivity index (χ4n) is 5.91. The summed E-state index contributed by atoms with van der Waals surface area (Å²) in [5, 5.41) is 5.91. The zero-order valence-corrected chi connectivity index (χ0v) is 21.4. The maximum Gasteiger partial charge on any atom is 0.236 e. The van der Waals surface area contributed by atoms with E-state index in [-0.39, 0.29) is 0 Å². The first-order valence-electron chi connectivity index (χ1n) is 12.9. The second-order valence-corrected chi connectivity index (χ2v) is 10.9. The van der Waals surface area contributed by atoms with Crippen LogP contribution in [0.3, 0.4) is 0 Å². The monoisotopic (exact) mass is 517 g/mol. The van der Waals surface area contributed by atoms with E-state index in [9.17, 15) is 0 Å². The highest BCUT2D eigenvalue weighted by molar-refractivity contribution is 7.26. The van der Waals surface area contributed by atoms with Crippen LogP contribution in [0.4, 0.5) is 0 Å². The Hall–Kier alpha value is -5.00. The molecule has 9 rings (SSSR count). The van der Waals surface area contributed by atoms with Crippen LogP contribution < -0.4 is 0 Å². The molecule has 4 aromatic heterocycles. The van der Waals surface area contributed by atoms with E-state index in [0.717, 1.165) is 38.8 Å². The smallest absolute Gasteiger partial charge is 0.236 e. The van der Waals surface area contributed by atoms with E-state index in [1.165, 1.54) is 30.9 Å². The third kappa shape index (κ3) is 2.88. The first-order valence-corrected chi connectivity index (χ1v) is 13.8. The Balaban J connectivity index is 1.49. The number of para-hydroxylation sites is 2.